The first-order chi connectivity index (χ1) is 8.15. The SMILES string of the molecule is C[C@H](NCc1csc(Br)c1)c1ccc(Br)cc1. The molecule has 2 aromatic rings. The first-order valence-corrected chi connectivity index (χ1v) is 7.83. The highest BCUT2D eigenvalue weighted by molar-refractivity contribution is 9.11. The third-order valence-corrected chi connectivity index (χ3v) is 4.69. The van der Waals surface area contributed by atoms with Crippen LogP contribution in [0, 0.1) is 0 Å². The number of hydrogen-bond donors (Lipinski definition) is 1. The fourth-order valence-electron chi connectivity index (χ4n) is 1.58. The third-order valence-electron chi connectivity index (χ3n) is 2.60. The van der Waals surface area contributed by atoms with Crippen LogP contribution in [0.1, 0.15) is 24.1 Å². The number of thiophene rings is 1. The van der Waals surface area contributed by atoms with Crippen molar-refractivity contribution >= 4 is 43.2 Å². The molecule has 0 fully saturated rings. The molecule has 1 aromatic carbocycles. The van der Waals surface area contributed by atoms with E-state index in [1.165, 1.54) is 14.9 Å². The first kappa shape index (κ1) is 13.3. The summed E-state index contributed by atoms with van der Waals surface area (Å²) < 4.78 is 2.31. The minimum atomic E-state index is 0.363. The van der Waals surface area contributed by atoms with E-state index >= 15 is 0 Å². The minimum Gasteiger partial charge on any atom is -0.306 e. The van der Waals surface area contributed by atoms with E-state index in [2.05, 4.69) is 79.8 Å². The number of benzene rings is 1. The lowest BCUT2D eigenvalue weighted by atomic mass is 10.1. The maximum absolute atomic E-state index is 3.52. The fraction of sp³-hybridized carbons (Fsp3) is 0.231. The summed E-state index contributed by atoms with van der Waals surface area (Å²) in [6.45, 7) is 3.09. The molecule has 0 aliphatic heterocycles. The normalized spacial score (nSPS) is 12.6. The van der Waals surface area contributed by atoms with Crippen LogP contribution in [0.5, 0.6) is 0 Å². The molecule has 17 heavy (non-hydrogen) atoms. The molecule has 0 aliphatic rings. The Morgan fingerprint density at radius 1 is 1.24 bits per heavy atom. The molecule has 1 heterocycles. The highest BCUT2D eigenvalue weighted by atomic mass is 79.9. The molecule has 4 heteroatoms. The Morgan fingerprint density at radius 2 is 1.94 bits per heavy atom. The lowest BCUT2D eigenvalue weighted by Crippen LogP contribution is -2.17. The van der Waals surface area contributed by atoms with Gasteiger partial charge in [-0.05, 0) is 57.6 Å². The molecule has 0 bridgehead atoms. The molecule has 0 radical (unpaired) electrons. The molecule has 2 rings (SSSR count). The number of rotatable bonds is 4. The van der Waals surface area contributed by atoms with Gasteiger partial charge in [0.15, 0.2) is 0 Å². The Kier molecular flexibility index (Phi) is 4.79. The lowest BCUT2D eigenvalue weighted by Gasteiger charge is -2.13. The summed E-state index contributed by atoms with van der Waals surface area (Å²) in [6, 6.07) is 11.0. The van der Waals surface area contributed by atoms with Crippen LogP contribution < -0.4 is 5.32 Å². The molecule has 0 aliphatic carbocycles. The standard InChI is InChI=1S/C13H13Br2NS/c1-9(11-2-4-12(14)5-3-11)16-7-10-6-13(15)17-8-10/h2-6,8-9,16H,7H2,1H3/t9-/m0/s1. The predicted octanol–water partition coefficient (Wildman–Crippen LogP) is 5.12. The molecule has 0 saturated heterocycles. The van der Waals surface area contributed by atoms with Gasteiger partial charge in [0.1, 0.15) is 0 Å². The Balaban J connectivity index is 1.93. The highest BCUT2D eigenvalue weighted by Gasteiger charge is 2.05. The summed E-state index contributed by atoms with van der Waals surface area (Å²) in [5.41, 5.74) is 2.63. The summed E-state index contributed by atoms with van der Waals surface area (Å²) in [5, 5.41) is 5.69. The Morgan fingerprint density at radius 3 is 2.53 bits per heavy atom. The summed E-state index contributed by atoms with van der Waals surface area (Å²) in [7, 11) is 0. The second-order valence-corrected chi connectivity index (χ2v) is 7.12. The topological polar surface area (TPSA) is 12.0 Å². The van der Waals surface area contributed by atoms with Gasteiger partial charge in [-0.25, -0.2) is 0 Å². The van der Waals surface area contributed by atoms with Gasteiger partial charge >= 0.3 is 0 Å². The Labute approximate surface area is 123 Å². The molecule has 1 aromatic heterocycles. The lowest BCUT2D eigenvalue weighted by molar-refractivity contribution is 0.575. The van der Waals surface area contributed by atoms with Crippen LogP contribution in [-0.2, 0) is 6.54 Å². The summed E-state index contributed by atoms with van der Waals surface area (Å²) >= 11 is 8.65. The van der Waals surface area contributed by atoms with E-state index in [0.717, 1.165) is 11.0 Å². The molecule has 1 nitrogen and oxygen atoms in total. The Bertz CT molecular complexity index is 478. The highest BCUT2D eigenvalue weighted by Crippen LogP contribution is 2.22. The van der Waals surface area contributed by atoms with Crippen LogP contribution >= 0.6 is 43.2 Å². The average molecular weight is 375 g/mol. The minimum absolute atomic E-state index is 0.363. The van der Waals surface area contributed by atoms with Crippen molar-refractivity contribution in [1.82, 2.24) is 5.32 Å². The maximum Gasteiger partial charge on any atom is 0.0701 e. The fourth-order valence-corrected chi connectivity index (χ4v) is 3.05. The van der Waals surface area contributed by atoms with Gasteiger partial charge in [0.25, 0.3) is 0 Å². The van der Waals surface area contributed by atoms with Crippen molar-refractivity contribution in [2.24, 2.45) is 0 Å². The predicted molar refractivity (Wildman–Crippen MR) is 81.4 cm³/mol. The van der Waals surface area contributed by atoms with Gasteiger partial charge in [-0.3, -0.25) is 0 Å². The maximum atomic E-state index is 3.52. The average Bonchev–Trinajstić information content (AvgIpc) is 2.73. The van der Waals surface area contributed by atoms with Crippen LogP contribution in [0.25, 0.3) is 0 Å². The van der Waals surface area contributed by atoms with Gasteiger partial charge in [0.2, 0.25) is 0 Å². The molecule has 1 N–H and O–H groups in total. The van der Waals surface area contributed by atoms with Crippen molar-refractivity contribution < 1.29 is 0 Å². The van der Waals surface area contributed by atoms with Crippen LogP contribution in [0.3, 0.4) is 0 Å². The molecule has 0 unspecified atom stereocenters. The van der Waals surface area contributed by atoms with E-state index in [4.69, 9.17) is 0 Å². The number of hydrogen-bond acceptors (Lipinski definition) is 2. The number of nitrogens with one attached hydrogen (secondary N) is 1. The molecule has 1 atom stereocenters. The van der Waals surface area contributed by atoms with Crippen LogP contribution in [-0.4, -0.2) is 0 Å². The van der Waals surface area contributed by atoms with Gasteiger partial charge in [-0.1, -0.05) is 28.1 Å². The molecular weight excluding hydrogens is 362 g/mol. The number of halogens is 2. The van der Waals surface area contributed by atoms with Crippen LogP contribution in [0.15, 0.2) is 44.0 Å². The van der Waals surface area contributed by atoms with Gasteiger partial charge in [0, 0.05) is 17.1 Å². The smallest absolute Gasteiger partial charge is 0.0701 e. The molecule has 0 saturated carbocycles. The van der Waals surface area contributed by atoms with E-state index < -0.39 is 0 Å². The second-order valence-electron chi connectivity index (χ2n) is 3.91. The molecule has 90 valence electrons. The van der Waals surface area contributed by atoms with E-state index in [9.17, 15) is 0 Å². The van der Waals surface area contributed by atoms with Gasteiger partial charge in [0.05, 0.1) is 3.79 Å². The summed E-state index contributed by atoms with van der Waals surface area (Å²) in [6.07, 6.45) is 0. The van der Waals surface area contributed by atoms with Crippen molar-refractivity contribution in [3.63, 3.8) is 0 Å². The quantitative estimate of drug-likeness (QED) is 0.782. The van der Waals surface area contributed by atoms with Crippen LogP contribution in [0.2, 0.25) is 0 Å². The van der Waals surface area contributed by atoms with Crippen molar-refractivity contribution in [3.8, 4) is 0 Å². The van der Waals surface area contributed by atoms with E-state index in [1.54, 1.807) is 11.3 Å². The largest absolute Gasteiger partial charge is 0.306 e. The van der Waals surface area contributed by atoms with Crippen molar-refractivity contribution in [2.75, 3.05) is 0 Å². The molecule has 0 spiro atoms. The Hall–Kier alpha value is -0.160. The third kappa shape index (κ3) is 3.91. The zero-order chi connectivity index (χ0) is 12.3. The van der Waals surface area contributed by atoms with E-state index in [0.29, 0.717) is 6.04 Å². The van der Waals surface area contributed by atoms with Gasteiger partial charge in [-0.15, -0.1) is 11.3 Å². The zero-order valence-electron chi connectivity index (χ0n) is 9.41. The van der Waals surface area contributed by atoms with Gasteiger partial charge < -0.3 is 5.32 Å². The van der Waals surface area contributed by atoms with Crippen molar-refractivity contribution in [2.45, 2.75) is 19.5 Å². The second kappa shape index (κ2) is 6.14. The van der Waals surface area contributed by atoms with Crippen molar-refractivity contribution in [1.29, 1.82) is 0 Å². The summed E-state index contributed by atoms with van der Waals surface area (Å²) in [5.74, 6) is 0. The summed E-state index contributed by atoms with van der Waals surface area (Å²) in [4.78, 5) is 0. The van der Waals surface area contributed by atoms with E-state index in [1.807, 2.05) is 0 Å². The first-order valence-electron chi connectivity index (χ1n) is 5.37. The molecule has 0 amide bonds. The monoisotopic (exact) mass is 373 g/mol. The van der Waals surface area contributed by atoms with Crippen molar-refractivity contribution in [3.05, 3.63) is 55.1 Å². The van der Waals surface area contributed by atoms with E-state index in [-0.39, 0.29) is 0 Å². The van der Waals surface area contributed by atoms with Crippen LogP contribution in [0.4, 0.5) is 0 Å². The van der Waals surface area contributed by atoms with Gasteiger partial charge in [-0.2, -0.15) is 0 Å². The zero-order valence-corrected chi connectivity index (χ0v) is 13.4. The molecular formula is C13H13Br2NS.